The first kappa shape index (κ1) is 11.5. The highest BCUT2D eigenvalue weighted by atomic mass is 32.1. The molecule has 2 aromatic rings. The van der Waals surface area contributed by atoms with Crippen molar-refractivity contribution in [3.8, 4) is 11.1 Å². The molecule has 0 bridgehead atoms. The standard InChI is InChI=1S/C15H15NOS/c1-9(17)13-14-11-7-3-2-5-10(11)6-4-8-12(14)18-15(13)16/h2-3,5,7H,4,6,8,16H2,1H3. The van der Waals surface area contributed by atoms with E-state index in [0.717, 1.165) is 30.4 Å². The number of nitrogen functional groups attached to an aromatic ring is 1. The summed E-state index contributed by atoms with van der Waals surface area (Å²) in [6.07, 6.45) is 3.22. The van der Waals surface area contributed by atoms with Gasteiger partial charge in [0.2, 0.25) is 0 Å². The van der Waals surface area contributed by atoms with Gasteiger partial charge in [-0.05, 0) is 37.3 Å². The summed E-state index contributed by atoms with van der Waals surface area (Å²) in [4.78, 5) is 13.1. The van der Waals surface area contributed by atoms with Gasteiger partial charge in [0.1, 0.15) is 0 Å². The third kappa shape index (κ3) is 1.66. The molecule has 1 heterocycles. The Hall–Kier alpha value is -1.61. The van der Waals surface area contributed by atoms with Crippen LogP contribution in [0.4, 0.5) is 5.00 Å². The van der Waals surface area contributed by atoms with Gasteiger partial charge in [-0.1, -0.05) is 24.3 Å². The molecular formula is C15H15NOS. The van der Waals surface area contributed by atoms with Crippen LogP contribution in [0, 0.1) is 0 Å². The van der Waals surface area contributed by atoms with Crippen molar-refractivity contribution in [3.05, 3.63) is 40.3 Å². The van der Waals surface area contributed by atoms with E-state index in [4.69, 9.17) is 5.73 Å². The van der Waals surface area contributed by atoms with Gasteiger partial charge < -0.3 is 5.73 Å². The first-order chi connectivity index (χ1) is 8.68. The largest absolute Gasteiger partial charge is 0.390 e. The molecular weight excluding hydrogens is 242 g/mol. The van der Waals surface area contributed by atoms with Gasteiger partial charge in [-0.25, -0.2) is 0 Å². The van der Waals surface area contributed by atoms with Gasteiger partial charge >= 0.3 is 0 Å². The molecule has 2 nitrogen and oxygen atoms in total. The van der Waals surface area contributed by atoms with Gasteiger partial charge in [-0.2, -0.15) is 0 Å². The monoisotopic (exact) mass is 257 g/mol. The Morgan fingerprint density at radius 1 is 1.28 bits per heavy atom. The number of Topliss-reactive ketones (excluding diaryl/α,β-unsaturated/α-hetero) is 1. The average Bonchev–Trinajstić information content (AvgIpc) is 2.56. The van der Waals surface area contributed by atoms with Crippen LogP contribution in [0.1, 0.15) is 34.1 Å². The summed E-state index contributed by atoms with van der Waals surface area (Å²) in [5.74, 6) is 0.0710. The van der Waals surface area contributed by atoms with E-state index in [0.29, 0.717) is 5.00 Å². The Kier molecular flexibility index (Phi) is 2.71. The zero-order valence-corrected chi connectivity index (χ0v) is 11.1. The minimum absolute atomic E-state index is 0.0710. The SMILES string of the molecule is CC(=O)c1c(N)sc2c1-c1ccccc1CCC2. The molecule has 1 aliphatic carbocycles. The maximum Gasteiger partial charge on any atom is 0.163 e. The fourth-order valence-electron chi connectivity index (χ4n) is 2.73. The predicted octanol–water partition coefficient (Wildman–Crippen LogP) is 3.69. The van der Waals surface area contributed by atoms with Crippen molar-refractivity contribution in [3.63, 3.8) is 0 Å². The third-order valence-electron chi connectivity index (χ3n) is 3.50. The van der Waals surface area contributed by atoms with Crippen LogP contribution in [0.5, 0.6) is 0 Å². The fraction of sp³-hybridized carbons (Fsp3) is 0.267. The number of hydrogen-bond acceptors (Lipinski definition) is 3. The number of hydrogen-bond donors (Lipinski definition) is 1. The summed E-state index contributed by atoms with van der Waals surface area (Å²) in [6, 6.07) is 8.36. The van der Waals surface area contributed by atoms with Crippen molar-refractivity contribution < 1.29 is 4.79 Å². The second-order valence-electron chi connectivity index (χ2n) is 4.71. The minimum Gasteiger partial charge on any atom is -0.390 e. The molecule has 2 N–H and O–H groups in total. The lowest BCUT2D eigenvalue weighted by molar-refractivity contribution is 0.101. The van der Waals surface area contributed by atoms with Crippen molar-refractivity contribution in [1.82, 2.24) is 0 Å². The van der Waals surface area contributed by atoms with Crippen molar-refractivity contribution in [1.29, 1.82) is 0 Å². The quantitative estimate of drug-likeness (QED) is 0.792. The molecule has 0 atom stereocenters. The molecule has 1 aromatic heterocycles. The van der Waals surface area contributed by atoms with Crippen LogP contribution in [0.3, 0.4) is 0 Å². The van der Waals surface area contributed by atoms with E-state index < -0.39 is 0 Å². The van der Waals surface area contributed by atoms with Crippen LogP contribution < -0.4 is 5.73 Å². The fourth-order valence-corrected chi connectivity index (χ4v) is 3.90. The predicted molar refractivity (Wildman–Crippen MR) is 76.2 cm³/mol. The van der Waals surface area contributed by atoms with E-state index in [-0.39, 0.29) is 5.78 Å². The molecule has 0 aliphatic heterocycles. The zero-order chi connectivity index (χ0) is 12.7. The third-order valence-corrected chi connectivity index (χ3v) is 4.58. The first-order valence-electron chi connectivity index (χ1n) is 6.19. The molecule has 0 unspecified atom stereocenters. The molecule has 1 aliphatic rings. The van der Waals surface area contributed by atoms with Crippen LogP contribution >= 0.6 is 11.3 Å². The summed E-state index contributed by atoms with van der Waals surface area (Å²) < 4.78 is 0. The lowest BCUT2D eigenvalue weighted by Crippen LogP contribution is -1.98. The number of fused-ring (bicyclic) bond motifs is 3. The highest BCUT2D eigenvalue weighted by Crippen LogP contribution is 2.43. The van der Waals surface area contributed by atoms with Crippen LogP contribution in [0.15, 0.2) is 24.3 Å². The molecule has 92 valence electrons. The Morgan fingerprint density at radius 2 is 2.06 bits per heavy atom. The summed E-state index contributed by atoms with van der Waals surface area (Å²) in [5.41, 5.74) is 10.4. The van der Waals surface area contributed by atoms with E-state index in [1.54, 1.807) is 18.3 Å². The van der Waals surface area contributed by atoms with Crippen LogP contribution in [-0.2, 0) is 12.8 Å². The highest BCUT2D eigenvalue weighted by Gasteiger charge is 2.24. The lowest BCUT2D eigenvalue weighted by Gasteiger charge is -2.07. The molecule has 0 amide bonds. The zero-order valence-electron chi connectivity index (χ0n) is 10.3. The number of benzene rings is 1. The normalized spacial score (nSPS) is 13.6. The van der Waals surface area contributed by atoms with Crippen molar-refractivity contribution in [2.24, 2.45) is 0 Å². The Labute approximate surface area is 110 Å². The van der Waals surface area contributed by atoms with E-state index in [1.165, 1.54) is 16.0 Å². The van der Waals surface area contributed by atoms with E-state index in [9.17, 15) is 4.79 Å². The van der Waals surface area contributed by atoms with E-state index in [1.807, 2.05) is 6.07 Å². The molecule has 0 radical (unpaired) electrons. The topological polar surface area (TPSA) is 43.1 Å². The van der Waals surface area contributed by atoms with Gasteiger partial charge in [0.25, 0.3) is 0 Å². The minimum atomic E-state index is 0.0710. The molecule has 1 aromatic carbocycles. The Bertz CT molecular complexity index is 627. The maximum atomic E-state index is 11.8. The summed E-state index contributed by atoms with van der Waals surface area (Å²) in [5, 5.41) is 0.671. The molecule has 0 fully saturated rings. The van der Waals surface area contributed by atoms with Gasteiger partial charge in [-0.3, -0.25) is 4.79 Å². The Morgan fingerprint density at radius 3 is 2.83 bits per heavy atom. The summed E-state index contributed by atoms with van der Waals surface area (Å²) in [7, 11) is 0. The Balaban J connectivity index is 2.34. The maximum absolute atomic E-state index is 11.8. The van der Waals surface area contributed by atoms with Crippen LogP contribution in [0.2, 0.25) is 0 Å². The number of nitrogens with two attached hydrogens (primary N) is 1. The summed E-state index contributed by atoms with van der Waals surface area (Å²) in [6.45, 7) is 1.60. The number of anilines is 1. The van der Waals surface area contributed by atoms with Crippen molar-refractivity contribution in [2.45, 2.75) is 26.2 Å². The number of carbonyl (C=O) groups is 1. The second-order valence-corrected chi connectivity index (χ2v) is 5.84. The van der Waals surface area contributed by atoms with Crippen molar-refractivity contribution in [2.75, 3.05) is 5.73 Å². The highest BCUT2D eigenvalue weighted by molar-refractivity contribution is 7.17. The first-order valence-corrected chi connectivity index (χ1v) is 7.00. The molecule has 18 heavy (non-hydrogen) atoms. The van der Waals surface area contributed by atoms with E-state index in [2.05, 4.69) is 18.2 Å². The van der Waals surface area contributed by atoms with Gasteiger partial charge in [0.15, 0.2) is 5.78 Å². The second kappa shape index (κ2) is 4.25. The number of ketones is 1. The van der Waals surface area contributed by atoms with Crippen molar-refractivity contribution >= 4 is 22.1 Å². The van der Waals surface area contributed by atoms with Gasteiger partial charge in [-0.15, -0.1) is 11.3 Å². The molecule has 0 saturated carbocycles. The molecule has 0 spiro atoms. The number of aryl methyl sites for hydroxylation is 2. The lowest BCUT2D eigenvalue weighted by atomic mass is 9.95. The summed E-state index contributed by atoms with van der Waals surface area (Å²) >= 11 is 1.58. The molecule has 3 rings (SSSR count). The number of rotatable bonds is 1. The number of carbonyl (C=O) groups excluding carboxylic acids is 1. The van der Waals surface area contributed by atoms with Gasteiger partial charge in [0.05, 0.1) is 10.6 Å². The van der Waals surface area contributed by atoms with E-state index >= 15 is 0 Å². The molecule has 0 saturated heterocycles. The van der Waals surface area contributed by atoms with Gasteiger partial charge in [0, 0.05) is 10.4 Å². The van der Waals surface area contributed by atoms with Crippen LogP contribution in [-0.4, -0.2) is 5.78 Å². The number of thiophene rings is 1. The smallest absolute Gasteiger partial charge is 0.163 e. The van der Waals surface area contributed by atoms with Crippen LogP contribution in [0.25, 0.3) is 11.1 Å². The average molecular weight is 257 g/mol. The molecule has 3 heteroatoms.